The third kappa shape index (κ3) is 4.03. The summed E-state index contributed by atoms with van der Waals surface area (Å²) in [7, 11) is 0. The molecule has 7 heteroatoms. The monoisotopic (exact) mass is 376 g/mol. The Morgan fingerprint density at radius 1 is 1.35 bits per heavy atom. The second kappa shape index (κ2) is 7.85. The van der Waals surface area contributed by atoms with Gasteiger partial charge in [-0.2, -0.15) is 0 Å². The number of morpholine rings is 1. The molecule has 1 aliphatic heterocycles. The molecule has 1 unspecified atom stereocenters. The molecule has 1 saturated heterocycles. The van der Waals surface area contributed by atoms with E-state index in [4.69, 9.17) is 16.3 Å². The number of nitrogens with one attached hydrogen (secondary N) is 1. The van der Waals surface area contributed by atoms with Crippen LogP contribution in [0, 0.1) is 12.7 Å². The number of anilines is 1. The number of aryl methyl sites for hydroxylation is 1. The lowest BCUT2D eigenvalue weighted by Crippen LogP contribution is -2.50. The van der Waals surface area contributed by atoms with Crippen molar-refractivity contribution < 1.29 is 18.7 Å². The Morgan fingerprint density at radius 3 is 2.85 bits per heavy atom. The molecule has 3 rings (SSSR count). The molecule has 2 aromatic carbocycles. The van der Waals surface area contributed by atoms with Gasteiger partial charge in [-0.05, 0) is 36.8 Å². The fourth-order valence-corrected chi connectivity index (χ4v) is 3.05. The Bertz CT molecular complexity index is 823. The lowest BCUT2D eigenvalue weighted by molar-refractivity contribution is -0.129. The highest BCUT2D eigenvalue weighted by atomic mass is 35.5. The minimum absolute atomic E-state index is 0.0450. The number of halogens is 2. The fourth-order valence-electron chi connectivity index (χ4n) is 2.80. The maximum absolute atomic E-state index is 13.8. The van der Waals surface area contributed by atoms with E-state index in [-0.39, 0.29) is 29.6 Å². The van der Waals surface area contributed by atoms with Gasteiger partial charge in [-0.3, -0.25) is 9.59 Å². The highest BCUT2D eigenvalue weighted by molar-refractivity contribution is 6.33. The van der Waals surface area contributed by atoms with Gasteiger partial charge in [-0.1, -0.05) is 29.8 Å². The van der Waals surface area contributed by atoms with Crippen LogP contribution < -0.4 is 10.2 Å². The number of hydrogen-bond acceptors (Lipinski definition) is 3. The lowest BCUT2D eigenvalue weighted by atomic mass is 10.1. The second-order valence-corrected chi connectivity index (χ2v) is 6.49. The summed E-state index contributed by atoms with van der Waals surface area (Å²) in [5.41, 5.74) is 1.63. The normalized spacial score (nSPS) is 17.3. The molecule has 26 heavy (non-hydrogen) atoms. The molecule has 1 N–H and O–H groups in total. The van der Waals surface area contributed by atoms with E-state index in [0.717, 1.165) is 11.3 Å². The number of ether oxygens (including phenoxy) is 1. The smallest absolute Gasteiger partial charge is 0.255 e. The first-order valence-electron chi connectivity index (χ1n) is 8.16. The topological polar surface area (TPSA) is 58.6 Å². The molecule has 136 valence electrons. The summed E-state index contributed by atoms with van der Waals surface area (Å²) in [6, 6.07) is 11.7. The van der Waals surface area contributed by atoms with Gasteiger partial charge >= 0.3 is 0 Å². The van der Waals surface area contributed by atoms with E-state index in [1.54, 1.807) is 4.90 Å². The highest BCUT2D eigenvalue weighted by Crippen LogP contribution is 2.21. The first-order chi connectivity index (χ1) is 12.5. The zero-order valence-electron chi connectivity index (χ0n) is 14.2. The lowest BCUT2D eigenvalue weighted by Gasteiger charge is -2.33. The molecule has 2 amide bonds. The van der Waals surface area contributed by atoms with Gasteiger partial charge in [0, 0.05) is 12.2 Å². The van der Waals surface area contributed by atoms with E-state index in [0.29, 0.717) is 6.54 Å². The average molecular weight is 377 g/mol. The van der Waals surface area contributed by atoms with Gasteiger partial charge in [0.05, 0.1) is 23.2 Å². The number of carbonyl (C=O) groups excluding carboxylic acids is 2. The van der Waals surface area contributed by atoms with E-state index in [1.165, 1.54) is 18.2 Å². The molecule has 0 saturated carbocycles. The summed E-state index contributed by atoms with van der Waals surface area (Å²) in [6.45, 7) is 2.31. The van der Waals surface area contributed by atoms with Crippen molar-refractivity contribution in [3.05, 3.63) is 64.4 Å². The van der Waals surface area contributed by atoms with Crippen LogP contribution in [0.15, 0.2) is 42.5 Å². The number of hydrogen-bond donors (Lipinski definition) is 1. The Morgan fingerprint density at radius 2 is 2.12 bits per heavy atom. The largest absolute Gasteiger partial charge is 0.365 e. The summed E-state index contributed by atoms with van der Waals surface area (Å²) in [4.78, 5) is 26.0. The zero-order chi connectivity index (χ0) is 18.7. The van der Waals surface area contributed by atoms with E-state index < -0.39 is 17.8 Å². The average Bonchev–Trinajstić information content (AvgIpc) is 2.61. The van der Waals surface area contributed by atoms with Crippen molar-refractivity contribution in [3.63, 3.8) is 0 Å². The molecule has 0 spiro atoms. The first-order valence-corrected chi connectivity index (χ1v) is 8.54. The molecular formula is C19H18ClFN2O3. The highest BCUT2D eigenvalue weighted by Gasteiger charge is 2.28. The number of nitrogens with zero attached hydrogens (tertiary/aromatic N) is 1. The zero-order valence-corrected chi connectivity index (χ0v) is 14.9. The van der Waals surface area contributed by atoms with Crippen LogP contribution in [0.5, 0.6) is 0 Å². The summed E-state index contributed by atoms with van der Waals surface area (Å²) in [5.74, 6) is -1.44. The van der Waals surface area contributed by atoms with Gasteiger partial charge in [-0.15, -0.1) is 0 Å². The van der Waals surface area contributed by atoms with Gasteiger partial charge in [0.25, 0.3) is 11.8 Å². The summed E-state index contributed by atoms with van der Waals surface area (Å²) < 4.78 is 19.3. The van der Waals surface area contributed by atoms with Crippen LogP contribution in [0.4, 0.5) is 10.1 Å². The fraction of sp³-hybridized carbons (Fsp3) is 0.263. The van der Waals surface area contributed by atoms with Crippen molar-refractivity contribution in [1.82, 2.24) is 5.32 Å². The standard InChI is InChI=1S/C19H18ClFN2O3/c1-12-4-2-5-13(8-12)23-10-14(26-11-17(23)24)9-22-19(25)18-15(20)6-3-7-16(18)21/h2-8,14H,9-11H2,1H3,(H,22,25). The van der Waals surface area contributed by atoms with Gasteiger partial charge in [0.1, 0.15) is 12.4 Å². The minimum atomic E-state index is -0.684. The molecule has 1 fully saturated rings. The van der Waals surface area contributed by atoms with Crippen molar-refractivity contribution in [1.29, 1.82) is 0 Å². The first kappa shape index (κ1) is 18.4. The van der Waals surface area contributed by atoms with Crippen LogP contribution in [-0.2, 0) is 9.53 Å². The van der Waals surface area contributed by atoms with Crippen LogP contribution >= 0.6 is 11.6 Å². The second-order valence-electron chi connectivity index (χ2n) is 6.08. The number of carbonyl (C=O) groups is 2. The van der Waals surface area contributed by atoms with Crippen molar-refractivity contribution >= 4 is 29.1 Å². The molecule has 1 aliphatic rings. The molecule has 1 heterocycles. The van der Waals surface area contributed by atoms with Gasteiger partial charge < -0.3 is 15.0 Å². The summed E-state index contributed by atoms with van der Waals surface area (Å²) in [6.07, 6.45) is -0.400. The predicted molar refractivity (Wildman–Crippen MR) is 97.0 cm³/mol. The van der Waals surface area contributed by atoms with Gasteiger partial charge in [0.2, 0.25) is 0 Å². The molecule has 0 bridgehead atoms. The predicted octanol–water partition coefficient (Wildman–Crippen LogP) is 2.95. The third-order valence-electron chi connectivity index (χ3n) is 4.12. The maximum atomic E-state index is 13.8. The molecule has 5 nitrogen and oxygen atoms in total. The van der Waals surface area contributed by atoms with Gasteiger partial charge in [0.15, 0.2) is 0 Å². The number of rotatable bonds is 4. The van der Waals surface area contributed by atoms with E-state index in [1.807, 2.05) is 31.2 Å². The molecule has 2 aromatic rings. The minimum Gasteiger partial charge on any atom is -0.365 e. The van der Waals surface area contributed by atoms with E-state index in [2.05, 4.69) is 5.32 Å². The Hall–Kier alpha value is -2.44. The van der Waals surface area contributed by atoms with Crippen molar-refractivity contribution in [2.75, 3.05) is 24.6 Å². The SMILES string of the molecule is Cc1cccc(N2CC(CNC(=O)c3c(F)cccc3Cl)OCC2=O)c1. The molecule has 0 aromatic heterocycles. The quantitative estimate of drug-likeness (QED) is 0.892. The summed E-state index contributed by atoms with van der Waals surface area (Å²) in [5, 5.41) is 2.67. The van der Waals surface area contributed by atoms with Crippen molar-refractivity contribution in [2.24, 2.45) is 0 Å². The maximum Gasteiger partial charge on any atom is 0.255 e. The van der Waals surface area contributed by atoms with Crippen LogP contribution in [0.3, 0.4) is 0 Å². The number of benzene rings is 2. The Labute approximate surface area is 155 Å². The third-order valence-corrected chi connectivity index (χ3v) is 4.44. The Kier molecular flexibility index (Phi) is 5.54. The summed E-state index contributed by atoms with van der Waals surface area (Å²) >= 11 is 5.90. The van der Waals surface area contributed by atoms with Crippen LogP contribution in [0.25, 0.3) is 0 Å². The van der Waals surface area contributed by atoms with Crippen molar-refractivity contribution in [2.45, 2.75) is 13.0 Å². The van der Waals surface area contributed by atoms with Crippen molar-refractivity contribution in [3.8, 4) is 0 Å². The van der Waals surface area contributed by atoms with Gasteiger partial charge in [-0.25, -0.2) is 4.39 Å². The molecular weight excluding hydrogens is 359 g/mol. The molecule has 0 radical (unpaired) electrons. The van der Waals surface area contributed by atoms with E-state index in [9.17, 15) is 14.0 Å². The van der Waals surface area contributed by atoms with Crippen LogP contribution in [0.2, 0.25) is 5.02 Å². The van der Waals surface area contributed by atoms with Crippen LogP contribution in [-0.4, -0.2) is 37.6 Å². The molecule has 1 atom stereocenters. The number of amides is 2. The van der Waals surface area contributed by atoms with E-state index >= 15 is 0 Å². The van der Waals surface area contributed by atoms with Crippen LogP contribution in [0.1, 0.15) is 15.9 Å². The molecule has 0 aliphatic carbocycles. The Balaban J connectivity index is 1.65.